The van der Waals surface area contributed by atoms with Gasteiger partial charge in [0.05, 0.1) is 18.3 Å². The lowest BCUT2D eigenvalue weighted by molar-refractivity contribution is 0.171. The van der Waals surface area contributed by atoms with Crippen molar-refractivity contribution in [1.29, 1.82) is 0 Å². The van der Waals surface area contributed by atoms with E-state index in [-0.39, 0.29) is 17.9 Å². The minimum absolute atomic E-state index is 0.0454. The largest absolute Gasteiger partial charge is 0.338 e. The van der Waals surface area contributed by atoms with Crippen LogP contribution in [0.1, 0.15) is 27.2 Å². The van der Waals surface area contributed by atoms with Crippen LogP contribution in [0.15, 0.2) is 80.3 Å². The van der Waals surface area contributed by atoms with Crippen LogP contribution in [0.25, 0.3) is 0 Å². The van der Waals surface area contributed by atoms with E-state index in [9.17, 15) is 18.0 Å². The Bertz CT molecular complexity index is 1100. The van der Waals surface area contributed by atoms with Crippen LogP contribution in [0.4, 0.5) is 18.0 Å². The fourth-order valence-corrected chi connectivity index (χ4v) is 4.28. The Kier molecular flexibility index (Phi) is 12.5. The average Bonchev–Trinajstić information content (AvgIpc) is 3.20. The summed E-state index contributed by atoms with van der Waals surface area (Å²) in [5.41, 5.74) is 3.33. The maximum absolute atomic E-state index is 12.1. The standard InChI is InChI=1S/C18H23N5OS.C6H4ClF.C2H4F2/c1-4-8-25-12(3)17-21-10-14(15-6-7-20-15)16-9-13(11-23(16)17)22-18(24)19-5-2;7-5-2-1-3-6(8)4-5;1-2(3)4/h4,6-8,13H,3,5,9-11H2,1-2H3,(H2,19,22,24);1-4H;2H,1H3/b8-4-;;. The lowest BCUT2D eigenvalue weighted by atomic mass is 10.0. The van der Waals surface area contributed by atoms with Gasteiger partial charge in [-0.15, -0.1) is 0 Å². The van der Waals surface area contributed by atoms with Gasteiger partial charge in [0.15, 0.2) is 0 Å². The van der Waals surface area contributed by atoms with Gasteiger partial charge in [0, 0.05) is 46.9 Å². The van der Waals surface area contributed by atoms with Gasteiger partial charge in [0.2, 0.25) is 6.43 Å². The molecule has 0 bridgehead atoms. The highest BCUT2D eigenvalue weighted by molar-refractivity contribution is 8.06. The molecule has 11 heteroatoms. The molecule has 3 aliphatic rings. The lowest BCUT2D eigenvalue weighted by Gasteiger charge is -2.30. The Balaban J connectivity index is 0.000000331. The third-order valence-corrected chi connectivity index (χ3v) is 6.08. The topological polar surface area (TPSA) is 69.1 Å². The molecule has 1 atom stereocenters. The molecule has 0 saturated carbocycles. The predicted molar refractivity (Wildman–Crippen MR) is 148 cm³/mol. The number of hydrogen-bond acceptors (Lipinski definition) is 5. The number of rotatable bonds is 6. The minimum Gasteiger partial charge on any atom is -0.338 e. The first kappa shape index (κ1) is 30.2. The number of carbonyl (C=O) groups excluding carboxylic acids is 1. The molecule has 1 fully saturated rings. The normalized spacial score (nSPS) is 17.6. The number of amides is 2. The van der Waals surface area contributed by atoms with E-state index in [4.69, 9.17) is 16.6 Å². The zero-order chi connectivity index (χ0) is 27.4. The summed E-state index contributed by atoms with van der Waals surface area (Å²) in [5.74, 6) is 0.600. The summed E-state index contributed by atoms with van der Waals surface area (Å²) in [6.45, 7) is 10.8. The van der Waals surface area contributed by atoms with Gasteiger partial charge in [-0.3, -0.25) is 9.98 Å². The van der Waals surface area contributed by atoms with Gasteiger partial charge in [-0.25, -0.2) is 18.0 Å². The van der Waals surface area contributed by atoms with E-state index >= 15 is 0 Å². The fourth-order valence-electron chi connectivity index (χ4n) is 3.52. The first-order valence-corrected chi connectivity index (χ1v) is 12.9. The van der Waals surface area contributed by atoms with Crippen LogP contribution in [0, 0.1) is 5.82 Å². The second kappa shape index (κ2) is 15.3. The molecule has 2 amide bonds. The summed E-state index contributed by atoms with van der Waals surface area (Å²) in [6, 6.07) is 5.73. The van der Waals surface area contributed by atoms with Crippen molar-refractivity contribution in [2.75, 3.05) is 19.6 Å². The molecule has 1 unspecified atom stereocenters. The number of benzene rings is 1. The summed E-state index contributed by atoms with van der Waals surface area (Å²) in [6.07, 6.45) is 4.40. The van der Waals surface area contributed by atoms with Crippen LogP contribution in [0.2, 0.25) is 5.02 Å². The number of thioether (sulfide) groups is 1. The van der Waals surface area contributed by atoms with Gasteiger partial charge in [-0.1, -0.05) is 42.1 Å². The Morgan fingerprint density at radius 3 is 2.62 bits per heavy atom. The molecule has 6 nitrogen and oxygen atoms in total. The summed E-state index contributed by atoms with van der Waals surface area (Å²) in [7, 11) is 0. The molecule has 1 aromatic carbocycles. The SMILES string of the molecule is C=C(S/C=C\C)C1=NCC(C2=CC=N2)=C2CC(NC(=O)NCC)CN12.CC(F)F.Fc1cccc(Cl)c1. The highest BCUT2D eigenvalue weighted by Gasteiger charge is 2.36. The molecule has 3 aliphatic heterocycles. The Labute approximate surface area is 225 Å². The third kappa shape index (κ3) is 9.77. The summed E-state index contributed by atoms with van der Waals surface area (Å²) in [5, 5.41) is 8.27. The van der Waals surface area contributed by atoms with Crippen molar-refractivity contribution >= 4 is 41.4 Å². The van der Waals surface area contributed by atoms with Crippen molar-refractivity contribution in [3.63, 3.8) is 0 Å². The smallest absolute Gasteiger partial charge is 0.315 e. The highest BCUT2D eigenvalue weighted by atomic mass is 35.5. The maximum Gasteiger partial charge on any atom is 0.315 e. The molecule has 0 aliphatic carbocycles. The molecule has 3 heterocycles. The second-order valence-electron chi connectivity index (χ2n) is 7.88. The lowest BCUT2D eigenvalue weighted by Crippen LogP contribution is -2.44. The van der Waals surface area contributed by atoms with E-state index in [1.807, 2.05) is 31.4 Å². The molecule has 0 spiro atoms. The number of carbonyl (C=O) groups is 1. The number of nitrogens with zero attached hydrogens (tertiary/aromatic N) is 3. The van der Waals surface area contributed by atoms with Gasteiger partial charge in [-0.2, -0.15) is 0 Å². The van der Waals surface area contributed by atoms with Crippen LogP contribution >= 0.6 is 23.4 Å². The number of urea groups is 1. The zero-order valence-electron chi connectivity index (χ0n) is 21.0. The van der Waals surface area contributed by atoms with Crippen molar-refractivity contribution in [3.8, 4) is 0 Å². The Hall–Kier alpha value is -2.98. The minimum atomic E-state index is -2.17. The van der Waals surface area contributed by atoms with Crippen LogP contribution < -0.4 is 10.6 Å². The third-order valence-electron chi connectivity index (χ3n) is 4.97. The number of hydrogen-bond donors (Lipinski definition) is 2. The molecule has 0 aromatic heterocycles. The summed E-state index contributed by atoms with van der Waals surface area (Å²) >= 11 is 6.98. The van der Waals surface area contributed by atoms with E-state index in [0.717, 1.165) is 35.4 Å². The van der Waals surface area contributed by atoms with Crippen molar-refractivity contribution in [2.45, 2.75) is 39.7 Å². The Morgan fingerprint density at radius 1 is 1.41 bits per heavy atom. The van der Waals surface area contributed by atoms with Crippen molar-refractivity contribution in [3.05, 3.63) is 81.1 Å². The first-order chi connectivity index (χ1) is 17.7. The van der Waals surface area contributed by atoms with Gasteiger partial charge in [0.1, 0.15) is 11.7 Å². The molecular formula is C26H31ClF3N5OS. The summed E-state index contributed by atoms with van der Waals surface area (Å²) in [4.78, 5) is 24.1. The van der Waals surface area contributed by atoms with Crippen molar-refractivity contribution < 1.29 is 18.0 Å². The number of amidine groups is 1. The van der Waals surface area contributed by atoms with E-state index < -0.39 is 6.43 Å². The van der Waals surface area contributed by atoms with E-state index in [1.54, 1.807) is 30.1 Å². The fraction of sp³-hybridized carbons (Fsp3) is 0.346. The van der Waals surface area contributed by atoms with E-state index in [2.05, 4.69) is 27.1 Å². The number of nitrogens with one attached hydrogen (secondary N) is 2. The molecule has 0 radical (unpaired) electrons. The Morgan fingerprint density at radius 2 is 2.11 bits per heavy atom. The van der Waals surface area contributed by atoms with Gasteiger partial charge in [-0.05, 0) is 50.5 Å². The van der Waals surface area contributed by atoms with Crippen LogP contribution in [-0.4, -0.2) is 55.1 Å². The number of alkyl halides is 2. The maximum atomic E-state index is 12.1. The predicted octanol–water partition coefficient (Wildman–Crippen LogP) is 6.55. The van der Waals surface area contributed by atoms with Crippen molar-refractivity contribution in [2.24, 2.45) is 9.98 Å². The average molecular weight is 554 g/mol. The molecule has 1 aromatic rings. The zero-order valence-corrected chi connectivity index (χ0v) is 22.6. The van der Waals surface area contributed by atoms with E-state index in [0.29, 0.717) is 24.7 Å². The van der Waals surface area contributed by atoms with Gasteiger partial charge >= 0.3 is 6.03 Å². The van der Waals surface area contributed by atoms with E-state index in [1.165, 1.54) is 17.8 Å². The highest BCUT2D eigenvalue weighted by Crippen LogP contribution is 2.36. The number of aliphatic imine (C=N–C) groups is 2. The van der Waals surface area contributed by atoms with Gasteiger partial charge in [0.25, 0.3) is 0 Å². The molecule has 200 valence electrons. The summed E-state index contributed by atoms with van der Waals surface area (Å²) < 4.78 is 32.7. The quantitative estimate of drug-likeness (QED) is 0.420. The molecule has 1 saturated heterocycles. The second-order valence-corrected chi connectivity index (χ2v) is 9.32. The van der Waals surface area contributed by atoms with Crippen molar-refractivity contribution in [1.82, 2.24) is 15.5 Å². The molecular weight excluding hydrogens is 523 g/mol. The van der Waals surface area contributed by atoms with Crippen LogP contribution in [-0.2, 0) is 0 Å². The molecule has 4 rings (SSSR count). The van der Waals surface area contributed by atoms with Gasteiger partial charge < -0.3 is 15.5 Å². The molecule has 37 heavy (non-hydrogen) atoms. The molecule has 2 N–H and O–H groups in total. The van der Waals surface area contributed by atoms with Crippen LogP contribution in [0.3, 0.4) is 0 Å². The van der Waals surface area contributed by atoms with Crippen LogP contribution in [0.5, 0.6) is 0 Å². The first-order valence-electron chi connectivity index (χ1n) is 11.7. The number of fused-ring (bicyclic) bond motifs is 1. The number of halogens is 4. The number of allylic oxidation sites excluding steroid dienone is 2. The monoisotopic (exact) mass is 553 g/mol.